The average Bonchev–Trinajstić information content (AvgIpc) is 3.14. The number of hydrogen-bond donors (Lipinski definition) is 1. The molecule has 0 bridgehead atoms. The SMILES string of the molecule is O=C(Nc1cccc(F)c1)c1cn(-c2ccccc2)nc1-c1cccc(Cl)c1. The van der Waals surface area contributed by atoms with Crippen LogP contribution in [0.25, 0.3) is 16.9 Å². The fourth-order valence-corrected chi connectivity index (χ4v) is 3.06. The van der Waals surface area contributed by atoms with E-state index in [1.165, 1.54) is 18.2 Å². The van der Waals surface area contributed by atoms with Gasteiger partial charge in [-0.3, -0.25) is 4.79 Å². The lowest BCUT2D eigenvalue weighted by molar-refractivity contribution is 0.102. The fraction of sp³-hybridized carbons (Fsp3) is 0. The van der Waals surface area contributed by atoms with Crippen molar-refractivity contribution in [1.82, 2.24) is 9.78 Å². The molecule has 0 fully saturated rings. The van der Waals surface area contributed by atoms with Gasteiger partial charge in [0.25, 0.3) is 5.91 Å². The number of nitrogens with zero attached hydrogens (tertiary/aromatic N) is 2. The minimum absolute atomic E-state index is 0.357. The third-order valence-electron chi connectivity index (χ3n) is 4.16. The van der Waals surface area contributed by atoms with Gasteiger partial charge in [0.1, 0.15) is 11.5 Å². The van der Waals surface area contributed by atoms with Crippen LogP contribution in [0.4, 0.5) is 10.1 Å². The summed E-state index contributed by atoms with van der Waals surface area (Å²) in [4.78, 5) is 12.9. The fourth-order valence-electron chi connectivity index (χ4n) is 2.87. The first-order chi connectivity index (χ1) is 13.6. The lowest BCUT2D eigenvalue weighted by Gasteiger charge is -2.06. The van der Waals surface area contributed by atoms with Crippen LogP contribution in [-0.2, 0) is 0 Å². The monoisotopic (exact) mass is 391 g/mol. The summed E-state index contributed by atoms with van der Waals surface area (Å²) >= 11 is 6.12. The molecular formula is C22H15ClFN3O. The lowest BCUT2D eigenvalue weighted by Crippen LogP contribution is -2.12. The van der Waals surface area contributed by atoms with E-state index < -0.39 is 5.82 Å². The summed E-state index contributed by atoms with van der Waals surface area (Å²) in [5.74, 6) is -0.810. The molecule has 1 amide bonds. The molecule has 1 aromatic heterocycles. The molecule has 0 unspecified atom stereocenters. The highest BCUT2D eigenvalue weighted by Gasteiger charge is 2.19. The van der Waals surface area contributed by atoms with Crippen molar-refractivity contribution in [3.8, 4) is 16.9 Å². The van der Waals surface area contributed by atoms with Crippen molar-refractivity contribution in [1.29, 1.82) is 0 Å². The maximum absolute atomic E-state index is 13.5. The third kappa shape index (κ3) is 3.80. The second-order valence-electron chi connectivity index (χ2n) is 6.15. The van der Waals surface area contributed by atoms with Gasteiger partial charge in [0.2, 0.25) is 0 Å². The smallest absolute Gasteiger partial charge is 0.259 e. The number of nitrogens with one attached hydrogen (secondary N) is 1. The first-order valence-electron chi connectivity index (χ1n) is 8.58. The number of para-hydroxylation sites is 1. The van der Waals surface area contributed by atoms with Crippen LogP contribution < -0.4 is 5.32 Å². The molecule has 138 valence electrons. The van der Waals surface area contributed by atoms with Crippen LogP contribution in [0.5, 0.6) is 0 Å². The van der Waals surface area contributed by atoms with Crippen LogP contribution in [0.15, 0.2) is 85.1 Å². The summed E-state index contributed by atoms with van der Waals surface area (Å²) in [7, 11) is 0. The van der Waals surface area contributed by atoms with E-state index in [9.17, 15) is 9.18 Å². The minimum Gasteiger partial charge on any atom is -0.322 e. The molecule has 28 heavy (non-hydrogen) atoms. The molecule has 0 aliphatic heterocycles. The molecular weight excluding hydrogens is 377 g/mol. The number of rotatable bonds is 4. The van der Waals surface area contributed by atoms with Crippen molar-refractivity contribution in [2.24, 2.45) is 0 Å². The number of amides is 1. The van der Waals surface area contributed by atoms with Crippen LogP contribution in [0.2, 0.25) is 5.02 Å². The summed E-state index contributed by atoms with van der Waals surface area (Å²) in [6.45, 7) is 0. The number of carbonyl (C=O) groups is 1. The topological polar surface area (TPSA) is 46.9 Å². The van der Waals surface area contributed by atoms with Crippen molar-refractivity contribution >= 4 is 23.2 Å². The molecule has 4 nitrogen and oxygen atoms in total. The first kappa shape index (κ1) is 17.9. The molecule has 0 atom stereocenters. The third-order valence-corrected chi connectivity index (χ3v) is 4.40. The molecule has 4 rings (SSSR count). The van der Waals surface area contributed by atoms with E-state index in [4.69, 9.17) is 11.6 Å². The standard InChI is InChI=1S/C22H15ClFN3O/c23-16-7-4-6-15(12-16)21-20(14-27(26-21)19-10-2-1-3-11-19)22(28)25-18-9-5-8-17(24)13-18/h1-14H,(H,25,28). The van der Waals surface area contributed by atoms with E-state index in [2.05, 4.69) is 10.4 Å². The van der Waals surface area contributed by atoms with Crippen molar-refractivity contribution < 1.29 is 9.18 Å². The second-order valence-corrected chi connectivity index (χ2v) is 6.58. The molecule has 0 aliphatic rings. The zero-order valence-corrected chi connectivity index (χ0v) is 15.4. The molecule has 3 aromatic carbocycles. The van der Waals surface area contributed by atoms with Gasteiger partial charge in [-0.25, -0.2) is 9.07 Å². The van der Waals surface area contributed by atoms with E-state index in [-0.39, 0.29) is 5.91 Å². The van der Waals surface area contributed by atoms with E-state index in [1.807, 2.05) is 36.4 Å². The van der Waals surface area contributed by atoms with Gasteiger partial charge in [0.15, 0.2) is 0 Å². The highest BCUT2D eigenvalue weighted by atomic mass is 35.5. The highest BCUT2D eigenvalue weighted by molar-refractivity contribution is 6.30. The Balaban J connectivity index is 1.78. The highest BCUT2D eigenvalue weighted by Crippen LogP contribution is 2.27. The molecule has 0 saturated heterocycles. The summed E-state index contributed by atoms with van der Waals surface area (Å²) in [6.07, 6.45) is 1.65. The van der Waals surface area contributed by atoms with Gasteiger partial charge < -0.3 is 5.32 Å². The molecule has 0 spiro atoms. The first-order valence-corrected chi connectivity index (χ1v) is 8.96. The molecule has 0 radical (unpaired) electrons. The van der Waals surface area contributed by atoms with E-state index in [0.717, 1.165) is 5.69 Å². The summed E-state index contributed by atoms with van der Waals surface area (Å²) < 4.78 is 15.1. The Morgan fingerprint density at radius 2 is 1.75 bits per heavy atom. The van der Waals surface area contributed by atoms with Gasteiger partial charge in [0.05, 0.1) is 11.3 Å². The maximum atomic E-state index is 13.5. The average molecular weight is 392 g/mol. The largest absolute Gasteiger partial charge is 0.322 e. The second kappa shape index (κ2) is 7.66. The summed E-state index contributed by atoms with van der Waals surface area (Å²) in [5.41, 5.74) is 2.74. The predicted octanol–water partition coefficient (Wildman–Crippen LogP) is 5.58. The van der Waals surface area contributed by atoms with Crippen molar-refractivity contribution in [3.63, 3.8) is 0 Å². The molecule has 1 heterocycles. The van der Waals surface area contributed by atoms with E-state index >= 15 is 0 Å². The Labute approximate surface area is 166 Å². The van der Waals surface area contributed by atoms with Crippen molar-refractivity contribution in [3.05, 3.63) is 101 Å². The Morgan fingerprint density at radius 1 is 0.964 bits per heavy atom. The molecule has 1 N–H and O–H groups in total. The number of benzene rings is 3. The lowest BCUT2D eigenvalue weighted by atomic mass is 10.1. The number of aromatic nitrogens is 2. The van der Waals surface area contributed by atoms with Gasteiger partial charge in [-0.1, -0.05) is 48.0 Å². The normalized spacial score (nSPS) is 10.6. The van der Waals surface area contributed by atoms with Crippen LogP contribution in [-0.4, -0.2) is 15.7 Å². The summed E-state index contributed by atoms with van der Waals surface area (Å²) in [6, 6.07) is 22.4. The molecule has 4 aromatic rings. The van der Waals surface area contributed by atoms with E-state index in [1.54, 1.807) is 35.1 Å². The van der Waals surface area contributed by atoms with Gasteiger partial charge in [-0.15, -0.1) is 0 Å². The van der Waals surface area contributed by atoms with Gasteiger partial charge in [0, 0.05) is 22.5 Å². The Kier molecular flexibility index (Phi) is 4.91. The van der Waals surface area contributed by atoms with Crippen LogP contribution in [0, 0.1) is 5.82 Å². The number of halogens is 2. The molecule has 6 heteroatoms. The zero-order valence-electron chi connectivity index (χ0n) is 14.6. The Hall–Kier alpha value is -3.44. The van der Waals surface area contributed by atoms with Gasteiger partial charge >= 0.3 is 0 Å². The van der Waals surface area contributed by atoms with Gasteiger partial charge in [-0.05, 0) is 42.5 Å². The van der Waals surface area contributed by atoms with E-state index in [0.29, 0.717) is 27.5 Å². The summed E-state index contributed by atoms with van der Waals surface area (Å²) in [5, 5.41) is 7.86. The predicted molar refractivity (Wildman–Crippen MR) is 108 cm³/mol. The number of carbonyl (C=O) groups excluding carboxylic acids is 1. The van der Waals surface area contributed by atoms with Crippen LogP contribution in [0.1, 0.15) is 10.4 Å². The molecule has 0 saturated carbocycles. The van der Waals surface area contributed by atoms with Gasteiger partial charge in [-0.2, -0.15) is 5.10 Å². The minimum atomic E-state index is -0.423. The quantitative estimate of drug-likeness (QED) is 0.493. The number of hydrogen-bond acceptors (Lipinski definition) is 2. The Morgan fingerprint density at radius 3 is 2.50 bits per heavy atom. The zero-order chi connectivity index (χ0) is 19.5. The van der Waals surface area contributed by atoms with Crippen LogP contribution in [0.3, 0.4) is 0 Å². The Bertz CT molecular complexity index is 1140. The maximum Gasteiger partial charge on any atom is 0.259 e. The molecule has 0 aliphatic carbocycles. The van der Waals surface area contributed by atoms with Crippen molar-refractivity contribution in [2.75, 3.05) is 5.32 Å². The van der Waals surface area contributed by atoms with Crippen molar-refractivity contribution in [2.45, 2.75) is 0 Å². The van der Waals surface area contributed by atoms with Crippen LogP contribution >= 0.6 is 11.6 Å². The number of anilines is 1.